The Balaban J connectivity index is 2.00. The highest BCUT2D eigenvalue weighted by atomic mass is 35.5. The Morgan fingerprint density at radius 1 is 1.58 bits per heavy atom. The number of benzene rings is 1. The lowest BCUT2D eigenvalue weighted by Gasteiger charge is -2.27. The van der Waals surface area contributed by atoms with Gasteiger partial charge in [-0.3, -0.25) is 0 Å². The molecule has 2 aliphatic rings. The van der Waals surface area contributed by atoms with Gasteiger partial charge < -0.3 is 19.2 Å². The van der Waals surface area contributed by atoms with E-state index < -0.39 is 12.7 Å². The highest BCUT2D eigenvalue weighted by Crippen LogP contribution is 2.32. The maximum Gasteiger partial charge on any atom is 0.499 e. The molecule has 3 rings (SSSR count). The first-order chi connectivity index (χ1) is 9.17. The Morgan fingerprint density at radius 2 is 2.42 bits per heavy atom. The summed E-state index contributed by atoms with van der Waals surface area (Å²) in [4.78, 5) is 2.59. The molecule has 0 radical (unpaired) electrons. The number of ether oxygens (including phenoxy) is 1. The Hall–Kier alpha value is -0.785. The second-order valence-electron chi connectivity index (χ2n) is 5.07. The molecule has 1 aromatic carbocycles. The number of nitrogens with one attached hydrogen (secondary N) is 1. The van der Waals surface area contributed by atoms with E-state index in [4.69, 9.17) is 25.8 Å². The lowest BCUT2D eigenvalue weighted by Crippen LogP contribution is -2.45. The third-order valence-electron chi connectivity index (χ3n) is 3.49. The van der Waals surface area contributed by atoms with Crippen molar-refractivity contribution in [2.24, 2.45) is 0 Å². The van der Waals surface area contributed by atoms with Crippen LogP contribution in [0.25, 0.3) is 0 Å². The summed E-state index contributed by atoms with van der Waals surface area (Å²) in [7, 11) is -0.527. The fourth-order valence-corrected chi connectivity index (χ4v) is 2.57. The van der Waals surface area contributed by atoms with Gasteiger partial charge in [-0.2, -0.15) is 0 Å². The van der Waals surface area contributed by atoms with Crippen molar-refractivity contribution in [2.75, 3.05) is 19.8 Å². The van der Waals surface area contributed by atoms with Gasteiger partial charge in [0.05, 0.1) is 12.7 Å². The molecule has 0 amide bonds. The monoisotopic (exact) mass is 283 g/mol. The van der Waals surface area contributed by atoms with E-state index in [9.17, 15) is 5.11 Å². The van der Waals surface area contributed by atoms with Crippen LogP contribution >= 0.6 is 11.8 Å². The molecular formula is C12H15BClNO4. The zero-order valence-corrected chi connectivity index (χ0v) is 11.3. The standard InChI is InChI=1S/C12H15BClNO4/c1-12(6-16)7-17-9-4-2-3-8-10(5-15-14)18-13(19-12)11(8)9/h2-4,10,15-16H,5-7H2,1H3. The third-order valence-corrected chi connectivity index (χ3v) is 3.65. The summed E-state index contributed by atoms with van der Waals surface area (Å²) < 4.78 is 17.5. The van der Waals surface area contributed by atoms with Gasteiger partial charge in [-0.1, -0.05) is 12.1 Å². The van der Waals surface area contributed by atoms with Crippen molar-refractivity contribution in [3.63, 3.8) is 0 Å². The average Bonchev–Trinajstić information content (AvgIpc) is 2.67. The van der Waals surface area contributed by atoms with Crippen LogP contribution in [0.15, 0.2) is 18.2 Å². The molecule has 2 heterocycles. The van der Waals surface area contributed by atoms with E-state index in [0.29, 0.717) is 6.54 Å². The summed E-state index contributed by atoms with van der Waals surface area (Å²) in [5.41, 5.74) is 1.14. The minimum absolute atomic E-state index is 0.130. The van der Waals surface area contributed by atoms with Crippen molar-refractivity contribution in [2.45, 2.75) is 18.6 Å². The van der Waals surface area contributed by atoms with E-state index >= 15 is 0 Å². The molecule has 19 heavy (non-hydrogen) atoms. The van der Waals surface area contributed by atoms with E-state index in [2.05, 4.69) is 4.84 Å². The summed E-state index contributed by atoms with van der Waals surface area (Å²) >= 11 is 5.57. The number of halogens is 1. The lowest BCUT2D eigenvalue weighted by molar-refractivity contribution is -0.0266. The van der Waals surface area contributed by atoms with Gasteiger partial charge in [-0.25, -0.2) is 4.84 Å². The molecule has 0 saturated heterocycles. The van der Waals surface area contributed by atoms with Crippen LogP contribution in [0, 0.1) is 0 Å². The van der Waals surface area contributed by atoms with Crippen molar-refractivity contribution in [1.29, 1.82) is 0 Å². The third kappa shape index (κ3) is 2.24. The molecule has 0 bridgehead atoms. The Morgan fingerprint density at radius 3 is 3.16 bits per heavy atom. The van der Waals surface area contributed by atoms with Gasteiger partial charge in [0.2, 0.25) is 0 Å². The van der Waals surface area contributed by atoms with Crippen molar-refractivity contribution >= 4 is 24.4 Å². The van der Waals surface area contributed by atoms with Crippen LogP contribution in [0.5, 0.6) is 5.75 Å². The molecule has 2 atom stereocenters. The maximum atomic E-state index is 9.46. The van der Waals surface area contributed by atoms with Crippen molar-refractivity contribution in [3.8, 4) is 5.75 Å². The zero-order valence-electron chi connectivity index (χ0n) is 10.6. The molecule has 2 N–H and O–H groups in total. The molecule has 0 aromatic heterocycles. The minimum Gasteiger partial charge on any atom is -0.491 e. The van der Waals surface area contributed by atoms with Crippen molar-refractivity contribution in [3.05, 3.63) is 23.8 Å². The summed E-state index contributed by atoms with van der Waals surface area (Å²) in [5, 5.41) is 9.46. The van der Waals surface area contributed by atoms with Crippen molar-refractivity contribution in [1.82, 2.24) is 4.84 Å². The highest BCUT2D eigenvalue weighted by molar-refractivity contribution is 6.64. The van der Waals surface area contributed by atoms with Gasteiger partial charge in [0, 0.05) is 12.0 Å². The van der Waals surface area contributed by atoms with Crippen LogP contribution in [-0.4, -0.2) is 37.6 Å². The largest absolute Gasteiger partial charge is 0.499 e. The maximum absolute atomic E-state index is 9.46. The summed E-state index contributed by atoms with van der Waals surface area (Å²) in [6, 6.07) is 5.78. The second kappa shape index (κ2) is 4.96. The van der Waals surface area contributed by atoms with E-state index in [1.807, 2.05) is 18.2 Å². The van der Waals surface area contributed by atoms with Crippen LogP contribution in [0.1, 0.15) is 18.6 Å². The second-order valence-corrected chi connectivity index (χ2v) is 5.34. The molecule has 5 nitrogen and oxygen atoms in total. The molecule has 0 fully saturated rings. The van der Waals surface area contributed by atoms with Crippen LogP contribution in [0.2, 0.25) is 0 Å². The normalized spacial score (nSPS) is 28.8. The molecular weight excluding hydrogens is 268 g/mol. The first kappa shape index (κ1) is 13.2. The molecule has 0 saturated carbocycles. The Labute approximate surface area is 117 Å². The van der Waals surface area contributed by atoms with Crippen LogP contribution in [0.3, 0.4) is 0 Å². The first-order valence-electron chi connectivity index (χ1n) is 6.20. The fraction of sp³-hybridized carbons (Fsp3) is 0.500. The zero-order chi connectivity index (χ0) is 13.5. The number of rotatable bonds is 3. The average molecular weight is 284 g/mol. The Kier molecular flexibility index (Phi) is 3.45. The molecule has 0 aliphatic carbocycles. The SMILES string of the molecule is CC1(CO)COc2cccc3c2B(OC3CNCl)O1. The van der Waals surface area contributed by atoms with E-state index in [-0.39, 0.29) is 19.3 Å². The van der Waals surface area contributed by atoms with E-state index in [0.717, 1.165) is 16.8 Å². The first-order valence-corrected chi connectivity index (χ1v) is 6.58. The van der Waals surface area contributed by atoms with Gasteiger partial charge in [0.25, 0.3) is 0 Å². The smallest absolute Gasteiger partial charge is 0.491 e. The number of hydrogen-bond donors (Lipinski definition) is 2. The van der Waals surface area contributed by atoms with Gasteiger partial charge in [-0.05, 0) is 30.3 Å². The van der Waals surface area contributed by atoms with Crippen LogP contribution in [-0.2, 0) is 9.31 Å². The van der Waals surface area contributed by atoms with E-state index in [1.165, 1.54) is 0 Å². The number of aliphatic hydroxyl groups is 1. The number of aliphatic hydroxyl groups excluding tert-OH is 1. The van der Waals surface area contributed by atoms with Crippen LogP contribution < -0.4 is 15.0 Å². The summed E-state index contributed by atoms with van der Waals surface area (Å²) in [6.07, 6.45) is -0.179. The predicted octanol–water partition coefficient (Wildman–Crippen LogP) is 0.356. The fourth-order valence-electron chi connectivity index (χ4n) is 2.43. The molecule has 7 heteroatoms. The van der Waals surface area contributed by atoms with E-state index in [1.54, 1.807) is 6.92 Å². The molecule has 2 aliphatic heterocycles. The summed E-state index contributed by atoms with van der Waals surface area (Å²) in [5.74, 6) is 0.747. The quantitative estimate of drug-likeness (QED) is 0.619. The molecule has 102 valence electrons. The van der Waals surface area contributed by atoms with Gasteiger partial charge in [-0.15, -0.1) is 0 Å². The molecule has 1 aromatic rings. The van der Waals surface area contributed by atoms with Gasteiger partial charge in [0.15, 0.2) is 0 Å². The van der Waals surface area contributed by atoms with Crippen molar-refractivity contribution < 1.29 is 19.2 Å². The van der Waals surface area contributed by atoms with Crippen LogP contribution in [0.4, 0.5) is 0 Å². The highest BCUT2D eigenvalue weighted by Gasteiger charge is 2.46. The lowest BCUT2D eigenvalue weighted by atomic mass is 9.77. The molecule has 0 spiro atoms. The Bertz CT molecular complexity index is 489. The minimum atomic E-state index is -0.774. The molecule has 2 unspecified atom stereocenters. The summed E-state index contributed by atoms with van der Waals surface area (Å²) in [6.45, 7) is 2.44. The van der Waals surface area contributed by atoms with Gasteiger partial charge in [0.1, 0.15) is 18.0 Å². The predicted molar refractivity (Wildman–Crippen MR) is 71.6 cm³/mol. The topological polar surface area (TPSA) is 60.0 Å². The number of hydrogen-bond acceptors (Lipinski definition) is 5. The van der Waals surface area contributed by atoms with Gasteiger partial charge >= 0.3 is 7.12 Å².